The summed E-state index contributed by atoms with van der Waals surface area (Å²) in [7, 11) is 0. The fraction of sp³-hybridized carbons (Fsp3) is 0.176. The number of aryl methyl sites for hydroxylation is 2. The average Bonchev–Trinajstić information content (AvgIpc) is 2.68. The molecule has 1 unspecified atom stereocenters. The zero-order valence-electron chi connectivity index (χ0n) is 10.6. The molecular weight excluding hydrogens is 220 g/mol. The second kappa shape index (κ2) is 4.11. The van der Waals surface area contributed by atoms with Crippen LogP contribution in [0.25, 0.3) is 5.57 Å². The van der Waals surface area contributed by atoms with Crippen LogP contribution in [0, 0.1) is 13.8 Å². The highest BCUT2D eigenvalue weighted by Crippen LogP contribution is 2.40. The monoisotopic (exact) mass is 236 g/mol. The molecule has 1 aliphatic carbocycles. The van der Waals surface area contributed by atoms with E-state index in [1.54, 1.807) is 0 Å². The van der Waals surface area contributed by atoms with Gasteiger partial charge in [0.15, 0.2) is 0 Å². The van der Waals surface area contributed by atoms with E-state index in [4.69, 9.17) is 0 Å². The quantitative estimate of drug-likeness (QED) is 0.798. The lowest BCUT2D eigenvalue weighted by Crippen LogP contribution is -1.93. The summed E-state index contributed by atoms with van der Waals surface area (Å²) < 4.78 is 0. The molecule has 0 aromatic heterocycles. The van der Waals surface area contributed by atoms with Crippen molar-refractivity contribution in [2.75, 3.05) is 0 Å². The summed E-state index contributed by atoms with van der Waals surface area (Å²) in [5.41, 5.74) is 7.09. The first-order valence-corrected chi connectivity index (χ1v) is 6.24. The van der Waals surface area contributed by atoms with E-state index < -0.39 is 6.10 Å². The minimum absolute atomic E-state index is 0.477. The molecule has 0 amide bonds. The van der Waals surface area contributed by atoms with Crippen LogP contribution >= 0.6 is 0 Å². The molecule has 0 saturated heterocycles. The standard InChI is InChI=1S/C17H16O/c1-11-6-5-7-12(2)17(11)15-10-16(18)14-9-4-3-8-13(14)15/h3-10,16,18H,1-2H3. The molecule has 0 spiro atoms. The lowest BCUT2D eigenvalue weighted by Gasteiger charge is -2.12. The molecule has 2 aromatic carbocycles. The minimum Gasteiger partial charge on any atom is -0.384 e. The van der Waals surface area contributed by atoms with E-state index in [0.717, 1.165) is 16.7 Å². The molecule has 1 N–H and O–H groups in total. The molecule has 0 saturated carbocycles. The topological polar surface area (TPSA) is 20.2 Å². The molecule has 1 aliphatic rings. The predicted molar refractivity (Wildman–Crippen MR) is 74.4 cm³/mol. The first kappa shape index (κ1) is 11.2. The van der Waals surface area contributed by atoms with Gasteiger partial charge in [0.2, 0.25) is 0 Å². The van der Waals surface area contributed by atoms with Crippen LogP contribution in [0.4, 0.5) is 0 Å². The zero-order valence-corrected chi connectivity index (χ0v) is 10.6. The van der Waals surface area contributed by atoms with Crippen LogP contribution in [-0.4, -0.2) is 5.11 Å². The van der Waals surface area contributed by atoms with Crippen molar-refractivity contribution in [3.05, 3.63) is 76.4 Å². The molecule has 3 rings (SSSR count). The van der Waals surface area contributed by atoms with Crippen molar-refractivity contribution < 1.29 is 5.11 Å². The maximum Gasteiger partial charge on any atom is 0.0986 e. The molecule has 1 atom stereocenters. The van der Waals surface area contributed by atoms with Crippen molar-refractivity contribution in [3.8, 4) is 0 Å². The van der Waals surface area contributed by atoms with Gasteiger partial charge in [0.05, 0.1) is 6.10 Å². The van der Waals surface area contributed by atoms with Crippen LogP contribution < -0.4 is 0 Å². The lowest BCUT2D eigenvalue weighted by molar-refractivity contribution is 0.232. The Morgan fingerprint density at radius 2 is 1.56 bits per heavy atom. The van der Waals surface area contributed by atoms with E-state index in [1.807, 2.05) is 24.3 Å². The lowest BCUT2D eigenvalue weighted by atomic mass is 9.92. The number of hydrogen-bond donors (Lipinski definition) is 1. The Morgan fingerprint density at radius 1 is 0.889 bits per heavy atom. The second-order valence-electron chi connectivity index (χ2n) is 4.88. The van der Waals surface area contributed by atoms with Crippen molar-refractivity contribution in [2.45, 2.75) is 20.0 Å². The van der Waals surface area contributed by atoms with E-state index in [-0.39, 0.29) is 0 Å². The molecule has 90 valence electrons. The summed E-state index contributed by atoms with van der Waals surface area (Å²) in [6.07, 6.45) is 1.48. The fourth-order valence-electron chi connectivity index (χ4n) is 2.79. The smallest absolute Gasteiger partial charge is 0.0986 e. The maximum absolute atomic E-state index is 10.1. The zero-order chi connectivity index (χ0) is 12.7. The maximum atomic E-state index is 10.1. The van der Waals surface area contributed by atoms with Gasteiger partial charge < -0.3 is 5.11 Å². The van der Waals surface area contributed by atoms with Crippen molar-refractivity contribution >= 4 is 5.57 Å². The third kappa shape index (κ3) is 1.59. The van der Waals surface area contributed by atoms with E-state index in [1.165, 1.54) is 16.7 Å². The number of fused-ring (bicyclic) bond motifs is 1. The average molecular weight is 236 g/mol. The van der Waals surface area contributed by atoms with Crippen LogP contribution in [0.15, 0.2) is 48.5 Å². The molecule has 0 bridgehead atoms. The molecule has 0 fully saturated rings. The number of aliphatic hydroxyl groups is 1. The molecule has 1 heteroatoms. The molecule has 0 heterocycles. The summed E-state index contributed by atoms with van der Waals surface area (Å²) >= 11 is 0. The summed E-state index contributed by atoms with van der Waals surface area (Å²) in [4.78, 5) is 0. The fourth-order valence-corrected chi connectivity index (χ4v) is 2.79. The highest BCUT2D eigenvalue weighted by atomic mass is 16.3. The summed E-state index contributed by atoms with van der Waals surface area (Å²) in [6, 6.07) is 14.4. The Hall–Kier alpha value is -1.86. The SMILES string of the molecule is Cc1cccc(C)c1C1=CC(O)c2ccccc21. The molecule has 18 heavy (non-hydrogen) atoms. The number of rotatable bonds is 1. The van der Waals surface area contributed by atoms with Crippen LogP contribution in [-0.2, 0) is 0 Å². The van der Waals surface area contributed by atoms with Crippen LogP contribution in [0.1, 0.15) is 33.9 Å². The van der Waals surface area contributed by atoms with Gasteiger partial charge in [0, 0.05) is 0 Å². The summed E-state index contributed by atoms with van der Waals surface area (Å²) in [5, 5.41) is 10.1. The van der Waals surface area contributed by atoms with Gasteiger partial charge in [-0.1, -0.05) is 42.5 Å². The number of hydrogen-bond acceptors (Lipinski definition) is 1. The third-order valence-electron chi connectivity index (χ3n) is 3.64. The van der Waals surface area contributed by atoms with Gasteiger partial charge in [-0.15, -0.1) is 0 Å². The van der Waals surface area contributed by atoms with Gasteiger partial charge in [-0.2, -0.15) is 0 Å². The van der Waals surface area contributed by atoms with Gasteiger partial charge >= 0.3 is 0 Å². The van der Waals surface area contributed by atoms with Crippen molar-refractivity contribution in [2.24, 2.45) is 0 Å². The van der Waals surface area contributed by atoms with Crippen LogP contribution in [0.5, 0.6) is 0 Å². The normalized spacial score (nSPS) is 17.5. The van der Waals surface area contributed by atoms with E-state index in [0.29, 0.717) is 0 Å². The van der Waals surface area contributed by atoms with Gasteiger partial charge in [-0.05, 0) is 53.3 Å². The van der Waals surface area contributed by atoms with E-state index >= 15 is 0 Å². The molecule has 2 aromatic rings. The second-order valence-corrected chi connectivity index (χ2v) is 4.88. The Morgan fingerprint density at radius 3 is 2.28 bits per heavy atom. The Kier molecular flexibility index (Phi) is 2.57. The number of benzene rings is 2. The van der Waals surface area contributed by atoms with Gasteiger partial charge in [-0.25, -0.2) is 0 Å². The first-order valence-electron chi connectivity index (χ1n) is 6.24. The largest absolute Gasteiger partial charge is 0.384 e. The van der Waals surface area contributed by atoms with Gasteiger partial charge in [-0.3, -0.25) is 0 Å². The summed E-state index contributed by atoms with van der Waals surface area (Å²) in [6.45, 7) is 4.24. The molecule has 0 aliphatic heterocycles. The van der Waals surface area contributed by atoms with Crippen molar-refractivity contribution in [1.29, 1.82) is 0 Å². The predicted octanol–water partition coefficient (Wildman–Crippen LogP) is 3.78. The Bertz CT molecular complexity index is 618. The number of aliphatic hydroxyl groups excluding tert-OH is 1. The summed E-state index contributed by atoms with van der Waals surface area (Å²) in [5.74, 6) is 0. The van der Waals surface area contributed by atoms with Crippen LogP contribution in [0.2, 0.25) is 0 Å². The van der Waals surface area contributed by atoms with E-state index in [9.17, 15) is 5.11 Å². The highest BCUT2D eigenvalue weighted by molar-refractivity contribution is 5.87. The van der Waals surface area contributed by atoms with Crippen molar-refractivity contribution in [3.63, 3.8) is 0 Å². The Labute approximate surface area is 107 Å². The molecular formula is C17H16O. The highest BCUT2D eigenvalue weighted by Gasteiger charge is 2.23. The van der Waals surface area contributed by atoms with Gasteiger partial charge in [0.1, 0.15) is 0 Å². The van der Waals surface area contributed by atoms with E-state index in [2.05, 4.69) is 38.1 Å². The molecule has 0 radical (unpaired) electrons. The first-order chi connectivity index (χ1) is 8.68. The van der Waals surface area contributed by atoms with Crippen LogP contribution in [0.3, 0.4) is 0 Å². The van der Waals surface area contributed by atoms with Gasteiger partial charge in [0.25, 0.3) is 0 Å². The molecule has 1 nitrogen and oxygen atoms in total. The van der Waals surface area contributed by atoms with Crippen molar-refractivity contribution in [1.82, 2.24) is 0 Å². The minimum atomic E-state index is -0.477. The third-order valence-corrected chi connectivity index (χ3v) is 3.64. The Balaban J connectivity index is 2.23.